The fourth-order valence-corrected chi connectivity index (χ4v) is 2.95. The molecule has 0 saturated carbocycles. The molecule has 9 nitrogen and oxygen atoms in total. The van der Waals surface area contributed by atoms with E-state index in [0.29, 0.717) is 17.3 Å². The van der Waals surface area contributed by atoms with Gasteiger partial charge >= 0.3 is 0 Å². The summed E-state index contributed by atoms with van der Waals surface area (Å²) in [6.45, 7) is 2.32. The van der Waals surface area contributed by atoms with Crippen LogP contribution in [0.25, 0.3) is 0 Å². The van der Waals surface area contributed by atoms with Crippen LogP contribution < -0.4 is 20.5 Å². The minimum atomic E-state index is -0.609. The molecule has 10 heteroatoms. The van der Waals surface area contributed by atoms with Crippen LogP contribution in [0.3, 0.4) is 0 Å². The summed E-state index contributed by atoms with van der Waals surface area (Å²) >= 11 is 6.24. The number of nitrogens with zero attached hydrogens (tertiary/aromatic N) is 4. The van der Waals surface area contributed by atoms with Crippen molar-refractivity contribution in [3.8, 4) is 5.75 Å². The molecule has 2 heterocycles. The first-order valence-corrected chi connectivity index (χ1v) is 9.19. The number of carbonyl (C=O) groups is 1. The SMILES string of the molecule is CCOc1c(C(=O)Nc2cnoc2)nc(N(C)Cc2ccccc2Cl)n(C)c1=O. The van der Waals surface area contributed by atoms with Crippen LogP contribution in [-0.2, 0) is 13.6 Å². The number of hydrogen-bond acceptors (Lipinski definition) is 7. The van der Waals surface area contributed by atoms with E-state index < -0.39 is 11.5 Å². The van der Waals surface area contributed by atoms with Crippen molar-refractivity contribution in [2.75, 3.05) is 23.9 Å². The summed E-state index contributed by atoms with van der Waals surface area (Å²) in [6.07, 6.45) is 2.60. The second-order valence-corrected chi connectivity index (χ2v) is 6.61. The number of aromatic nitrogens is 3. The maximum Gasteiger partial charge on any atom is 0.297 e. The van der Waals surface area contributed by atoms with E-state index >= 15 is 0 Å². The normalized spacial score (nSPS) is 10.6. The Kier molecular flexibility index (Phi) is 6.18. The summed E-state index contributed by atoms with van der Waals surface area (Å²) < 4.78 is 11.5. The van der Waals surface area contributed by atoms with Gasteiger partial charge in [-0.15, -0.1) is 0 Å². The predicted octanol–water partition coefficient (Wildman–Crippen LogP) is 2.71. The number of hydrogen-bond donors (Lipinski definition) is 1. The van der Waals surface area contributed by atoms with Crippen LogP contribution in [0.15, 0.2) is 46.0 Å². The molecule has 3 aromatic rings. The van der Waals surface area contributed by atoms with Crippen LogP contribution >= 0.6 is 11.6 Å². The molecule has 0 saturated heterocycles. The van der Waals surface area contributed by atoms with E-state index in [4.69, 9.17) is 20.9 Å². The fraction of sp³-hybridized carbons (Fsp3) is 0.263. The molecule has 0 radical (unpaired) electrons. The Morgan fingerprint density at radius 3 is 2.79 bits per heavy atom. The summed E-state index contributed by atoms with van der Waals surface area (Å²) in [5.74, 6) is -0.450. The number of nitrogens with one attached hydrogen (secondary N) is 1. The maximum absolute atomic E-state index is 12.9. The lowest BCUT2D eigenvalue weighted by Crippen LogP contribution is -2.32. The van der Waals surface area contributed by atoms with Crippen molar-refractivity contribution < 1.29 is 14.1 Å². The number of benzene rings is 1. The van der Waals surface area contributed by atoms with Gasteiger partial charge < -0.3 is 19.5 Å². The van der Waals surface area contributed by atoms with Crippen LogP contribution in [0.5, 0.6) is 5.75 Å². The van der Waals surface area contributed by atoms with Crippen LogP contribution in [-0.4, -0.2) is 34.3 Å². The summed E-state index contributed by atoms with van der Waals surface area (Å²) in [5.41, 5.74) is 0.594. The van der Waals surface area contributed by atoms with Crippen molar-refractivity contribution >= 4 is 29.1 Å². The van der Waals surface area contributed by atoms with Gasteiger partial charge in [0.25, 0.3) is 11.5 Å². The third-order valence-electron chi connectivity index (χ3n) is 4.13. The molecular weight excluding hydrogens is 398 g/mol. The van der Waals surface area contributed by atoms with Gasteiger partial charge in [-0.3, -0.25) is 14.2 Å². The minimum Gasteiger partial charge on any atom is -0.486 e. The largest absolute Gasteiger partial charge is 0.486 e. The molecule has 2 aromatic heterocycles. The number of amides is 1. The van der Waals surface area contributed by atoms with Crippen LogP contribution in [0.2, 0.25) is 5.02 Å². The zero-order valence-electron chi connectivity index (χ0n) is 16.2. The molecule has 1 amide bonds. The molecule has 29 heavy (non-hydrogen) atoms. The topological polar surface area (TPSA) is 102 Å². The minimum absolute atomic E-state index is 0.126. The molecule has 0 bridgehead atoms. The Morgan fingerprint density at radius 2 is 2.14 bits per heavy atom. The van der Waals surface area contributed by atoms with E-state index in [1.165, 1.54) is 17.0 Å². The Hall–Kier alpha value is -3.33. The molecule has 0 aliphatic rings. The van der Waals surface area contributed by atoms with Crippen molar-refractivity contribution in [3.63, 3.8) is 0 Å². The lowest BCUT2D eigenvalue weighted by atomic mass is 10.2. The van der Waals surface area contributed by atoms with E-state index in [2.05, 4.69) is 15.5 Å². The van der Waals surface area contributed by atoms with Gasteiger partial charge in [0.15, 0.2) is 5.69 Å². The Bertz CT molecular complexity index is 1060. The quantitative estimate of drug-likeness (QED) is 0.630. The van der Waals surface area contributed by atoms with E-state index in [1.807, 2.05) is 18.2 Å². The Morgan fingerprint density at radius 1 is 1.38 bits per heavy atom. The van der Waals surface area contributed by atoms with Gasteiger partial charge in [-0.05, 0) is 18.6 Å². The van der Waals surface area contributed by atoms with Crippen molar-refractivity contribution in [1.82, 2.24) is 14.7 Å². The molecular formula is C19H20ClN5O4. The Balaban J connectivity index is 2.01. The van der Waals surface area contributed by atoms with E-state index in [1.54, 1.807) is 32.0 Å². The lowest BCUT2D eigenvalue weighted by molar-refractivity contribution is 0.101. The van der Waals surface area contributed by atoms with Gasteiger partial charge in [0, 0.05) is 25.7 Å². The maximum atomic E-state index is 12.9. The number of ether oxygens (including phenoxy) is 1. The molecule has 0 aliphatic heterocycles. The second-order valence-electron chi connectivity index (χ2n) is 6.20. The van der Waals surface area contributed by atoms with E-state index in [9.17, 15) is 9.59 Å². The van der Waals surface area contributed by atoms with Crippen molar-refractivity contribution in [2.45, 2.75) is 13.5 Å². The highest BCUT2D eigenvalue weighted by Gasteiger charge is 2.24. The molecule has 0 unspecified atom stereocenters. The monoisotopic (exact) mass is 417 g/mol. The van der Waals surface area contributed by atoms with Gasteiger partial charge in [0.1, 0.15) is 12.0 Å². The average molecular weight is 418 g/mol. The molecule has 3 rings (SSSR count). The van der Waals surface area contributed by atoms with Gasteiger partial charge in [-0.2, -0.15) is 0 Å². The van der Waals surface area contributed by atoms with Crippen molar-refractivity contribution in [1.29, 1.82) is 0 Å². The van der Waals surface area contributed by atoms with Gasteiger partial charge in [0.2, 0.25) is 11.7 Å². The second kappa shape index (κ2) is 8.78. The van der Waals surface area contributed by atoms with Crippen LogP contribution in [0.1, 0.15) is 23.0 Å². The standard InChI is InChI=1S/C19H20ClN5O4/c1-4-28-16-15(17(26)22-13-9-21-29-11-13)23-19(25(3)18(16)27)24(2)10-12-7-5-6-8-14(12)20/h5-9,11H,4,10H2,1-3H3,(H,22,26). The first-order chi connectivity index (χ1) is 13.9. The highest BCUT2D eigenvalue weighted by atomic mass is 35.5. The lowest BCUT2D eigenvalue weighted by Gasteiger charge is -2.22. The molecule has 1 N–H and O–H groups in total. The third-order valence-corrected chi connectivity index (χ3v) is 4.50. The summed E-state index contributed by atoms with van der Waals surface area (Å²) in [5, 5.41) is 6.71. The smallest absolute Gasteiger partial charge is 0.297 e. The van der Waals surface area contributed by atoms with Crippen molar-refractivity contribution in [2.24, 2.45) is 7.05 Å². The molecule has 0 spiro atoms. The highest BCUT2D eigenvalue weighted by molar-refractivity contribution is 6.31. The molecule has 152 valence electrons. The van der Waals surface area contributed by atoms with Gasteiger partial charge in [-0.1, -0.05) is 35.0 Å². The number of halogens is 1. The molecule has 0 fully saturated rings. The van der Waals surface area contributed by atoms with E-state index in [0.717, 1.165) is 5.56 Å². The van der Waals surface area contributed by atoms with E-state index in [-0.39, 0.29) is 24.0 Å². The van der Waals surface area contributed by atoms with Crippen LogP contribution in [0.4, 0.5) is 11.6 Å². The average Bonchev–Trinajstić information content (AvgIpc) is 3.20. The Labute approximate surface area is 171 Å². The zero-order valence-corrected chi connectivity index (χ0v) is 16.9. The van der Waals surface area contributed by atoms with Crippen LogP contribution in [0, 0.1) is 0 Å². The zero-order chi connectivity index (χ0) is 21.0. The first-order valence-electron chi connectivity index (χ1n) is 8.81. The summed E-state index contributed by atoms with van der Waals surface area (Å²) in [6, 6.07) is 7.37. The van der Waals surface area contributed by atoms with Gasteiger partial charge in [0.05, 0.1) is 12.8 Å². The number of anilines is 2. The van der Waals surface area contributed by atoms with Gasteiger partial charge in [-0.25, -0.2) is 4.98 Å². The molecule has 1 aromatic carbocycles. The summed E-state index contributed by atoms with van der Waals surface area (Å²) in [7, 11) is 3.32. The molecule has 0 atom stereocenters. The summed E-state index contributed by atoms with van der Waals surface area (Å²) in [4.78, 5) is 31.8. The predicted molar refractivity (Wildman–Crippen MR) is 109 cm³/mol. The van der Waals surface area contributed by atoms with Crippen molar-refractivity contribution in [3.05, 3.63) is 63.4 Å². The molecule has 0 aliphatic carbocycles. The third kappa shape index (κ3) is 4.40. The fourth-order valence-electron chi connectivity index (χ4n) is 2.75. The highest BCUT2D eigenvalue weighted by Crippen LogP contribution is 2.21. The first kappa shape index (κ1) is 20.4. The number of rotatable bonds is 7. The number of carbonyl (C=O) groups excluding carboxylic acids is 1.